The largest absolute Gasteiger partial charge is 0.496 e. The maximum absolute atomic E-state index is 12.8. The van der Waals surface area contributed by atoms with Gasteiger partial charge in [-0.15, -0.1) is 0 Å². The Morgan fingerprint density at radius 1 is 0.923 bits per heavy atom. The predicted octanol–water partition coefficient (Wildman–Crippen LogP) is 5.03. The van der Waals surface area contributed by atoms with Crippen LogP contribution in [0.4, 0.5) is 0 Å². The molecule has 0 bridgehead atoms. The molecule has 1 atom stereocenters. The zero-order valence-electron chi connectivity index (χ0n) is 21.5. The van der Waals surface area contributed by atoms with Crippen LogP contribution in [0.25, 0.3) is 11.1 Å². The van der Waals surface area contributed by atoms with Crippen molar-refractivity contribution in [2.75, 3.05) is 14.2 Å². The van der Waals surface area contributed by atoms with Crippen molar-refractivity contribution in [2.24, 2.45) is 0 Å². The lowest BCUT2D eigenvalue weighted by Gasteiger charge is -2.22. The van der Waals surface area contributed by atoms with Crippen molar-refractivity contribution in [2.45, 2.75) is 31.9 Å². The molecule has 0 heterocycles. The lowest BCUT2D eigenvalue weighted by molar-refractivity contribution is -0.139. The molecule has 11 heteroatoms. The van der Waals surface area contributed by atoms with Crippen LogP contribution in [0.3, 0.4) is 0 Å². The number of halogens is 2. The van der Waals surface area contributed by atoms with Crippen LogP contribution in [0.2, 0.25) is 10.0 Å². The Hall–Kier alpha value is -3.79. The molecular weight excluding hydrogens is 549 g/mol. The fourth-order valence-corrected chi connectivity index (χ4v) is 4.60. The number of carbonyl (C=O) groups excluding carboxylic acids is 1. The zero-order chi connectivity index (χ0) is 29.1. The number of methoxy groups -OCH3 is 2. The molecule has 0 saturated heterocycles. The Morgan fingerprint density at radius 3 is 1.85 bits per heavy atom. The second-order valence-electron chi connectivity index (χ2n) is 9.20. The summed E-state index contributed by atoms with van der Waals surface area (Å²) in [4.78, 5) is 35.9. The Morgan fingerprint density at radius 2 is 1.44 bits per heavy atom. The van der Waals surface area contributed by atoms with E-state index in [4.69, 9.17) is 37.8 Å². The van der Waals surface area contributed by atoms with Gasteiger partial charge in [-0.05, 0) is 54.8 Å². The molecule has 0 aromatic heterocycles. The molecule has 3 rings (SSSR count). The minimum Gasteiger partial charge on any atom is -0.496 e. The lowest BCUT2D eigenvalue weighted by Crippen LogP contribution is -2.42. The predicted molar refractivity (Wildman–Crippen MR) is 146 cm³/mol. The van der Waals surface area contributed by atoms with E-state index in [0.29, 0.717) is 28.2 Å². The number of aliphatic carboxylic acids is 1. The van der Waals surface area contributed by atoms with E-state index in [0.717, 1.165) is 17.7 Å². The number of aliphatic hydroxyl groups is 1. The van der Waals surface area contributed by atoms with Gasteiger partial charge in [0.2, 0.25) is 0 Å². The van der Waals surface area contributed by atoms with Gasteiger partial charge in [-0.2, -0.15) is 0 Å². The SMILES string of the molecule is COc1cc(C(C)(C)O)cc(OC)c1-c1ccc(CC(NC(=O)c2c(Cl)cc(C(=O)O)cc2Cl)C(=O)O)cc1. The van der Waals surface area contributed by atoms with Crippen LogP contribution in [0, 0.1) is 0 Å². The van der Waals surface area contributed by atoms with Gasteiger partial charge in [0.15, 0.2) is 0 Å². The van der Waals surface area contributed by atoms with Crippen molar-refractivity contribution >= 4 is 41.0 Å². The minimum atomic E-state index is -1.33. The van der Waals surface area contributed by atoms with E-state index < -0.39 is 29.5 Å². The van der Waals surface area contributed by atoms with Crippen molar-refractivity contribution in [1.29, 1.82) is 0 Å². The molecule has 0 aliphatic carbocycles. The summed E-state index contributed by atoms with van der Waals surface area (Å²) in [5.41, 5.74) is 1.04. The fourth-order valence-electron chi connectivity index (χ4n) is 3.94. The molecule has 3 aromatic rings. The number of aromatic carboxylic acids is 1. The van der Waals surface area contributed by atoms with Crippen LogP contribution in [0.15, 0.2) is 48.5 Å². The van der Waals surface area contributed by atoms with E-state index in [9.17, 15) is 24.6 Å². The highest BCUT2D eigenvalue weighted by atomic mass is 35.5. The van der Waals surface area contributed by atoms with Gasteiger partial charge in [0.25, 0.3) is 5.91 Å². The van der Waals surface area contributed by atoms with E-state index >= 15 is 0 Å². The van der Waals surface area contributed by atoms with E-state index in [1.54, 1.807) is 50.2 Å². The molecule has 0 spiro atoms. The van der Waals surface area contributed by atoms with Gasteiger partial charge in [0.05, 0.1) is 46.6 Å². The Bertz CT molecular complexity index is 1370. The molecule has 0 fully saturated rings. The number of nitrogens with one attached hydrogen (secondary N) is 1. The first kappa shape index (κ1) is 29.8. The smallest absolute Gasteiger partial charge is 0.335 e. The van der Waals surface area contributed by atoms with Crippen LogP contribution >= 0.6 is 23.2 Å². The quantitative estimate of drug-likeness (QED) is 0.263. The summed E-state index contributed by atoms with van der Waals surface area (Å²) in [6, 6.07) is 11.2. The number of benzene rings is 3. The van der Waals surface area contributed by atoms with Gasteiger partial charge < -0.3 is 30.1 Å². The van der Waals surface area contributed by atoms with E-state index in [1.807, 2.05) is 0 Å². The molecule has 3 aromatic carbocycles. The normalized spacial score (nSPS) is 12.0. The molecule has 0 aliphatic rings. The summed E-state index contributed by atoms with van der Waals surface area (Å²) in [5.74, 6) is -2.45. The van der Waals surface area contributed by atoms with Gasteiger partial charge in [0.1, 0.15) is 17.5 Å². The molecule has 39 heavy (non-hydrogen) atoms. The Kier molecular flexibility index (Phi) is 9.11. The van der Waals surface area contributed by atoms with Gasteiger partial charge in [-0.3, -0.25) is 4.79 Å². The van der Waals surface area contributed by atoms with Crippen LogP contribution in [0.1, 0.15) is 45.7 Å². The minimum absolute atomic E-state index is 0.0598. The third kappa shape index (κ3) is 6.81. The van der Waals surface area contributed by atoms with Crippen molar-refractivity contribution in [3.05, 3.63) is 80.8 Å². The third-order valence-corrected chi connectivity index (χ3v) is 6.61. The highest BCUT2D eigenvalue weighted by Gasteiger charge is 2.26. The number of rotatable bonds is 10. The van der Waals surface area contributed by atoms with Gasteiger partial charge in [0, 0.05) is 6.42 Å². The van der Waals surface area contributed by atoms with Crippen LogP contribution in [-0.2, 0) is 16.8 Å². The van der Waals surface area contributed by atoms with Crippen LogP contribution in [-0.4, -0.2) is 53.4 Å². The number of carbonyl (C=O) groups is 3. The summed E-state index contributed by atoms with van der Waals surface area (Å²) in [7, 11) is 3.02. The average Bonchev–Trinajstić information content (AvgIpc) is 2.86. The van der Waals surface area contributed by atoms with Crippen molar-refractivity contribution in [1.82, 2.24) is 5.32 Å². The summed E-state index contributed by atoms with van der Waals surface area (Å²) in [6.45, 7) is 3.31. The molecule has 4 N–H and O–H groups in total. The van der Waals surface area contributed by atoms with Gasteiger partial charge >= 0.3 is 11.9 Å². The van der Waals surface area contributed by atoms with Crippen molar-refractivity contribution in [3.8, 4) is 22.6 Å². The van der Waals surface area contributed by atoms with Crippen molar-refractivity contribution < 1.29 is 39.2 Å². The van der Waals surface area contributed by atoms with Crippen molar-refractivity contribution in [3.63, 3.8) is 0 Å². The van der Waals surface area contributed by atoms with Crippen LogP contribution < -0.4 is 14.8 Å². The molecule has 0 radical (unpaired) electrons. The highest BCUT2D eigenvalue weighted by Crippen LogP contribution is 2.41. The second-order valence-corrected chi connectivity index (χ2v) is 10.0. The molecular formula is C28H27Cl2NO8. The summed E-state index contributed by atoms with van der Waals surface area (Å²) in [5, 5.41) is 31.2. The first-order chi connectivity index (χ1) is 18.3. The number of carboxylic acid groups (broad SMARTS) is 2. The molecule has 1 amide bonds. The number of hydrogen-bond acceptors (Lipinski definition) is 6. The number of amides is 1. The van der Waals surface area contributed by atoms with Gasteiger partial charge in [-0.1, -0.05) is 47.5 Å². The second kappa shape index (κ2) is 11.9. The summed E-state index contributed by atoms with van der Waals surface area (Å²) >= 11 is 12.1. The van der Waals surface area contributed by atoms with E-state index in [2.05, 4.69) is 5.32 Å². The molecule has 1 unspecified atom stereocenters. The summed E-state index contributed by atoms with van der Waals surface area (Å²) < 4.78 is 11.1. The van der Waals surface area contributed by atoms with Crippen LogP contribution in [0.5, 0.6) is 11.5 Å². The maximum Gasteiger partial charge on any atom is 0.335 e. The number of ether oxygens (including phenoxy) is 2. The molecule has 0 aliphatic heterocycles. The van der Waals surface area contributed by atoms with E-state index in [1.165, 1.54) is 14.2 Å². The topological polar surface area (TPSA) is 142 Å². The summed E-state index contributed by atoms with van der Waals surface area (Å²) in [6.07, 6.45) is -0.0598. The lowest BCUT2D eigenvalue weighted by atomic mass is 9.93. The van der Waals surface area contributed by atoms with E-state index in [-0.39, 0.29) is 27.6 Å². The number of carboxylic acids is 2. The fraction of sp³-hybridized carbons (Fsp3) is 0.250. The first-order valence-corrected chi connectivity index (χ1v) is 12.4. The average molecular weight is 576 g/mol. The molecule has 0 saturated carbocycles. The number of hydrogen-bond donors (Lipinski definition) is 4. The zero-order valence-corrected chi connectivity index (χ0v) is 23.1. The highest BCUT2D eigenvalue weighted by molar-refractivity contribution is 6.40. The monoisotopic (exact) mass is 575 g/mol. The Labute approximate surface area is 234 Å². The molecule has 206 valence electrons. The Balaban J connectivity index is 1.87. The maximum atomic E-state index is 12.8. The third-order valence-electron chi connectivity index (χ3n) is 6.01. The standard InChI is InChI=1S/C28H27Cl2NO8/c1-28(2,37)17-12-21(38-3)23(22(13-17)39-4)15-7-5-14(6-8-15)9-20(27(35)36)31-25(32)24-18(29)10-16(26(33)34)11-19(24)30/h5-8,10-13,20,37H,9H2,1-4H3,(H,31,32)(H,33,34)(H,35,36). The molecule has 9 nitrogen and oxygen atoms in total. The first-order valence-electron chi connectivity index (χ1n) is 11.6. The van der Waals surface area contributed by atoms with Gasteiger partial charge in [-0.25, -0.2) is 9.59 Å².